The molecular formula is C17H19BrN2O. The van der Waals surface area contributed by atoms with Gasteiger partial charge in [0.1, 0.15) is 0 Å². The molecule has 1 aromatic heterocycles. The van der Waals surface area contributed by atoms with Crippen LogP contribution in [0, 0.1) is 19.3 Å². The van der Waals surface area contributed by atoms with Crippen molar-refractivity contribution in [3.63, 3.8) is 0 Å². The summed E-state index contributed by atoms with van der Waals surface area (Å²) < 4.78 is 3.00. The number of nitrogens with zero attached hydrogens (tertiary/aromatic N) is 2. The zero-order chi connectivity index (χ0) is 15.4. The fraction of sp³-hybridized carbons (Fsp3) is 0.412. The predicted octanol–water partition coefficient (Wildman–Crippen LogP) is 4.41. The van der Waals surface area contributed by atoms with E-state index in [0.717, 1.165) is 33.5 Å². The van der Waals surface area contributed by atoms with Crippen LogP contribution in [0.2, 0.25) is 0 Å². The highest BCUT2D eigenvalue weighted by molar-refractivity contribution is 9.10. The van der Waals surface area contributed by atoms with Crippen LogP contribution in [-0.2, 0) is 6.42 Å². The van der Waals surface area contributed by atoms with Crippen LogP contribution < -0.4 is 0 Å². The third-order valence-electron chi connectivity index (χ3n) is 4.12. The van der Waals surface area contributed by atoms with Gasteiger partial charge in [-0.1, -0.05) is 35.8 Å². The van der Waals surface area contributed by atoms with Gasteiger partial charge >= 0.3 is 0 Å². The molecule has 1 aliphatic rings. The normalized spacial score (nSPS) is 16.9. The molecule has 110 valence electrons. The quantitative estimate of drug-likeness (QED) is 0.766. The van der Waals surface area contributed by atoms with Gasteiger partial charge < -0.3 is 0 Å². The first kappa shape index (κ1) is 14.5. The Hall–Kier alpha value is -1.42. The van der Waals surface area contributed by atoms with Crippen molar-refractivity contribution in [3.05, 3.63) is 45.2 Å². The number of Topliss-reactive ketones (excluding diaryl/α,β-unsaturated/α-hetero) is 1. The van der Waals surface area contributed by atoms with Crippen LogP contribution in [0.4, 0.5) is 0 Å². The van der Waals surface area contributed by atoms with Crippen molar-refractivity contribution in [2.45, 2.75) is 40.5 Å². The first-order chi connectivity index (χ1) is 9.78. The topological polar surface area (TPSA) is 34.9 Å². The van der Waals surface area contributed by atoms with Gasteiger partial charge in [-0.3, -0.25) is 4.79 Å². The molecule has 0 bridgehead atoms. The van der Waals surface area contributed by atoms with Gasteiger partial charge in [0.15, 0.2) is 5.78 Å². The molecule has 0 radical (unpaired) electrons. The maximum Gasteiger partial charge on any atom is 0.167 e. The summed E-state index contributed by atoms with van der Waals surface area (Å²) in [6.45, 7) is 8.27. The van der Waals surface area contributed by atoms with Crippen LogP contribution >= 0.6 is 15.9 Å². The molecular weight excluding hydrogens is 328 g/mol. The Morgan fingerprint density at radius 3 is 2.62 bits per heavy atom. The molecule has 3 nitrogen and oxygen atoms in total. The second kappa shape index (κ2) is 4.80. The molecule has 0 aliphatic heterocycles. The standard InChI is InChI=1S/C17H19BrN2O/c1-10-5-6-12(7-13(10)18)20-14-8-17(3,4)9-15(21)16(14)11(2)19-20/h5-7H,8-9H2,1-4H3. The summed E-state index contributed by atoms with van der Waals surface area (Å²) in [5.41, 5.74) is 4.89. The lowest BCUT2D eigenvalue weighted by molar-refractivity contribution is 0.0910. The lowest BCUT2D eigenvalue weighted by Gasteiger charge is -2.29. The Morgan fingerprint density at radius 1 is 1.24 bits per heavy atom. The largest absolute Gasteiger partial charge is 0.294 e. The Bertz CT molecular complexity index is 743. The number of halogens is 1. The minimum atomic E-state index is -0.00373. The minimum absolute atomic E-state index is 0.00373. The molecule has 0 unspecified atom stereocenters. The van der Waals surface area contributed by atoms with E-state index in [1.807, 2.05) is 11.6 Å². The zero-order valence-electron chi connectivity index (χ0n) is 12.8. The third-order valence-corrected chi connectivity index (χ3v) is 4.97. The number of rotatable bonds is 1. The van der Waals surface area contributed by atoms with Crippen LogP contribution in [0.15, 0.2) is 22.7 Å². The van der Waals surface area contributed by atoms with Crippen LogP contribution in [-0.4, -0.2) is 15.6 Å². The van der Waals surface area contributed by atoms with Crippen molar-refractivity contribution in [2.24, 2.45) is 5.41 Å². The smallest absolute Gasteiger partial charge is 0.167 e. The van der Waals surface area contributed by atoms with Crippen molar-refractivity contribution in [1.82, 2.24) is 9.78 Å². The number of hydrogen-bond donors (Lipinski definition) is 0. The Labute approximate surface area is 133 Å². The van der Waals surface area contributed by atoms with Crippen LogP contribution in [0.1, 0.15) is 47.6 Å². The first-order valence-electron chi connectivity index (χ1n) is 7.17. The van der Waals surface area contributed by atoms with Crippen LogP contribution in [0.25, 0.3) is 5.69 Å². The molecule has 3 rings (SSSR count). The highest BCUT2D eigenvalue weighted by Crippen LogP contribution is 2.37. The molecule has 0 spiro atoms. The van der Waals surface area contributed by atoms with E-state index < -0.39 is 0 Å². The number of carbonyl (C=O) groups excluding carboxylic acids is 1. The number of fused-ring (bicyclic) bond motifs is 1. The molecule has 1 heterocycles. The van der Waals surface area contributed by atoms with Crippen LogP contribution in [0.3, 0.4) is 0 Å². The molecule has 21 heavy (non-hydrogen) atoms. The van der Waals surface area contributed by atoms with E-state index in [2.05, 4.69) is 60.0 Å². The lowest BCUT2D eigenvalue weighted by atomic mass is 9.75. The number of ketones is 1. The molecule has 2 aromatic rings. The molecule has 1 aromatic carbocycles. The van der Waals surface area contributed by atoms with E-state index in [1.165, 1.54) is 5.56 Å². The van der Waals surface area contributed by atoms with Gasteiger partial charge in [-0.25, -0.2) is 4.68 Å². The van der Waals surface area contributed by atoms with Gasteiger partial charge in [0.05, 0.1) is 22.6 Å². The van der Waals surface area contributed by atoms with Crippen molar-refractivity contribution in [2.75, 3.05) is 0 Å². The minimum Gasteiger partial charge on any atom is -0.294 e. The summed E-state index contributed by atoms with van der Waals surface area (Å²) in [6.07, 6.45) is 1.48. The van der Waals surface area contributed by atoms with E-state index in [4.69, 9.17) is 0 Å². The predicted molar refractivity (Wildman–Crippen MR) is 87.2 cm³/mol. The van der Waals surface area contributed by atoms with Gasteiger partial charge in [-0.15, -0.1) is 0 Å². The molecule has 0 saturated carbocycles. The highest BCUT2D eigenvalue weighted by atomic mass is 79.9. The van der Waals surface area contributed by atoms with E-state index in [9.17, 15) is 4.79 Å². The van der Waals surface area contributed by atoms with E-state index >= 15 is 0 Å². The SMILES string of the molecule is Cc1ccc(-n2nc(C)c3c2CC(C)(C)CC3=O)cc1Br. The monoisotopic (exact) mass is 346 g/mol. The maximum absolute atomic E-state index is 12.4. The molecule has 0 saturated heterocycles. The van der Waals surface area contributed by atoms with Gasteiger partial charge in [0.2, 0.25) is 0 Å². The van der Waals surface area contributed by atoms with E-state index in [0.29, 0.717) is 6.42 Å². The van der Waals surface area contributed by atoms with Gasteiger partial charge in [0.25, 0.3) is 0 Å². The van der Waals surface area contributed by atoms with Gasteiger partial charge in [-0.05, 0) is 43.4 Å². The summed E-state index contributed by atoms with van der Waals surface area (Å²) in [6, 6.07) is 6.19. The Kier molecular flexibility index (Phi) is 3.32. The van der Waals surface area contributed by atoms with E-state index in [1.54, 1.807) is 0 Å². The van der Waals surface area contributed by atoms with Crippen molar-refractivity contribution in [1.29, 1.82) is 0 Å². The zero-order valence-corrected chi connectivity index (χ0v) is 14.4. The van der Waals surface area contributed by atoms with Crippen molar-refractivity contribution < 1.29 is 4.79 Å². The second-order valence-corrected chi connectivity index (χ2v) is 7.55. The van der Waals surface area contributed by atoms with Crippen molar-refractivity contribution in [3.8, 4) is 5.69 Å². The summed E-state index contributed by atoms with van der Waals surface area (Å²) in [5.74, 6) is 0.219. The summed E-state index contributed by atoms with van der Waals surface area (Å²) in [5, 5.41) is 4.62. The van der Waals surface area contributed by atoms with Crippen molar-refractivity contribution >= 4 is 21.7 Å². The molecule has 0 fully saturated rings. The lowest BCUT2D eigenvalue weighted by Crippen LogP contribution is -2.28. The highest BCUT2D eigenvalue weighted by Gasteiger charge is 2.35. The molecule has 0 atom stereocenters. The van der Waals surface area contributed by atoms with Gasteiger partial charge in [0, 0.05) is 10.9 Å². The number of aryl methyl sites for hydroxylation is 2. The average molecular weight is 347 g/mol. The molecule has 0 amide bonds. The Balaban J connectivity index is 2.19. The number of carbonyl (C=O) groups is 1. The molecule has 0 N–H and O–H groups in total. The number of benzene rings is 1. The number of hydrogen-bond acceptors (Lipinski definition) is 2. The van der Waals surface area contributed by atoms with Gasteiger partial charge in [-0.2, -0.15) is 5.10 Å². The summed E-state index contributed by atoms with van der Waals surface area (Å²) in [7, 11) is 0. The number of aromatic nitrogens is 2. The fourth-order valence-corrected chi connectivity index (χ4v) is 3.43. The molecule has 4 heteroatoms. The van der Waals surface area contributed by atoms with E-state index in [-0.39, 0.29) is 11.2 Å². The maximum atomic E-state index is 12.4. The third kappa shape index (κ3) is 2.46. The summed E-state index contributed by atoms with van der Waals surface area (Å²) in [4.78, 5) is 12.4. The first-order valence-corrected chi connectivity index (χ1v) is 7.96. The Morgan fingerprint density at radius 2 is 1.95 bits per heavy atom. The summed E-state index contributed by atoms with van der Waals surface area (Å²) >= 11 is 3.57. The second-order valence-electron chi connectivity index (χ2n) is 6.69. The van der Waals surface area contributed by atoms with Crippen LogP contribution in [0.5, 0.6) is 0 Å². The fourth-order valence-electron chi connectivity index (χ4n) is 3.07. The average Bonchev–Trinajstić information content (AvgIpc) is 2.68. The molecule has 1 aliphatic carbocycles.